The molecular weight excluding hydrogens is 230 g/mol. The number of nitrogens with zero attached hydrogens (tertiary/aromatic N) is 1. The normalized spacial score (nSPS) is 11.4. The van der Waals surface area contributed by atoms with Crippen molar-refractivity contribution >= 4 is 11.8 Å². The predicted molar refractivity (Wildman–Crippen MR) is 65.9 cm³/mol. The summed E-state index contributed by atoms with van der Waals surface area (Å²) in [5.41, 5.74) is 1.38. The maximum Gasteiger partial charge on any atom is 0.323 e. The molecule has 0 aliphatic carbocycles. The lowest BCUT2D eigenvalue weighted by atomic mass is 9.96. The van der Waals surface area contributed by atoms with Crippen LogP contribution in [-0.2, 0) is 9.53 Å². The Morgan fingerprint density at radius 2 is 2.06 bits per heavy atom. The molecule has 94 valence electrons. The molecule has 0 radical (unpaired) electrons. The zero-order valence-corrected chi connectivity index (χ0v) is 10.5. The Labute approximate surface area is 106 Å². The highest BCUT2D eigenvalue weighted by atomic mass is 16.5. The van der Waals surface area contributed by atoms with Gasteiger partial charge in [0.2, 0.25) is 0 Å². The largest absolute Gasteiger partial charge is 0.465 e. The quantitative estimate of drug-likeness (QED) is 0.589. The minimum atomic E-state index is -1.03. The Morgan fingerprint density at radius 3 is 2.61 bits per heavy atom. The van der Waals surface area contributed by atoms with Gasteiger partial charge in [-0.15, -0.1) is 0 Å². The van der Waals surface area contributed by atoms with E-state index in [9.17, 15) is 9.59 Å². The molecule has 0 bridgehead atoms. The van der Waals surface area contributed by atoms with Crippen LogP contribution in [0.25, 0.3) is 0 Å². The lowest BCUT2D eigenvalue weighted by Gasteiger charge is -2.08. The van der Waals surface area contributed by atoms with Gasteiger partial charge in [-0.25, -0.2) is 0 Å². The van der Waals surface area contributed by atoms with E-state index in [2.05, 4.69) is 0 Å². The van der Waals surface area contributed by atoms with Crippen LogP contribution in [0.2, 0.25) is 0 Å². The van der Waals surface area contributed by atoms with Crippen molar-refractivity contribution in [3.63, 3.8) is 0 Å². The number of Topliss-reactive ketones (excluding diaryl/α,β-unsaturated/α-hetero) is 1. The van der Waals surface area contributed by atoms with Crippen LogP contribution in [0.15, 0.2) is 24.3 Å². The SMILES string of the molecule is CCOC(=O)[C@H](C#N)CC(=O)c1ccccc1C. The van der Waals surface area contributed by atoms with Gasteiger partial charge in [0.05, 0.1) is 12.7 Å². The van der Waals surface area contributed by atoms with E-state index in [-0.39, 0.29) is 18.8 Å². The molecule has 4 heteroatoms. The molecule has 0 amide bonds. The number of benzene rings is 1. The van der Waals surface area contributed by atoms with E-state index in [1.54, 1.807) is 19.1 Å². The minimum absolute atomic E-state index is 0.139. The highest BCUT2D eigenvalue weighted by molar-refractivity contribution is 5.99. The van der Waals surface area contributed by atoms with Crippen LogP contribution in [0.4, 0.5) is 0 Å². The summed E-state index contributed by atoms with van der Waals surface area (Å²) in [6, 6.07) is 8.91. The molecule has 0 saturated heterocycles. The molecule has 0 heterocycles. The van der Waals surface area contributed by atoms with E-state index in [1.165, 1.54) is 0 Å². The second kappa shape index (κ2) is 6.55. The number of carbonyl (C=O) groups is 2. The zero-order chi connectivity index (χ0) is 13.5. The molecule has 0 aromatic heterocycles. The lowest BCUT2D eigenvalue weighted by Crippen LogP contribution is -2.20. The van der Waals surface area contributed by atoms with Crippen LogP contribution < -0.4 is 0 Å². The molecule has 0 fully saturated rings. The van der Waals surface area contributed by atoms with Crippen LogP contribution in [-0.4, -0.2) is 18.4 Å². The van der Waals surface area contributed by atoms with Gasteiger partial charge in [-0.2, -0.15) is 5.26 Å². The molecule has 1 rings (SSSR count). The smallest absolute Gasteiger partial charge is 0.323 e. The summed E-state index contributed by atoms with van der Waals surface area (Å²) in [4.78, 5) is 23.4. The highest BCUT2D eigenvalue weighted by Gasteiger charge is 2.23. The van der Waals surface area contributed by atoms with Crippen molar-refractivity contribution in [3.8, 4) is 6.07 Å². The summed E-state index contributed by atoms with van der Waals surface area (Å²) in [7, 11) is 0. The maximum absolute atomic E-state index is 12.0. The predicted octanol–water partition coefficient (Wildman–Crippen LogP) is 2.27. The zero-order valence-electron chi connectivity index (χ0n) is 10.5. The summed E-state index contributed by atoms with van der Waals surface area (Å²) >= 11 is 0. The number of nitriles is 1. The number of hydrogen-bond acceptors (Lipinski definition) is 4. The number of rotatable bonds is 5. The summed E-state index contributed by atoms with van der Waals surface area (Å²) < 4.78 is 4.75. The molecule has 0 N–H and O–H groups in total. The van der Waals surface area contributed by atoms with Gasteiger partial charge in [0.1, 0.15) is 0 Å². The van der Waals surface area contributed by atoms with Crippen LogP contribution in [0.1, 0.15) is 29.3 Å². The van der Waals surface area contributed by atoms with E-state index >= 15 is 0 Å². The van der Waals surface area contributed by atoms with Gasteiger partial charge < -0.3 is 4.74 Å². The maximum atomic E-state index is 12.0. The molecule has 1 atom stereocenters. The fourth-order valence-electron chi connectivity index (χ4n) is 1.61. The van der Waals surface area contributed by atoms with E-state index < -0.39 is 11.9 Å². The standard InChI is InChI=1S/C14H15NO3/c1-3-18-14(17)11(9-15)8-13(16)12-7-5-4-6-10(12)2/h4-7,11H,3,8H2,1-2H3/t11-/m0/s1. The molecule has 1 aromatic rings. The molecule has 0 saturated carbocycles. The highest BCUT2D eigenvalue weighted by Crippen LogP contribution is 2.14. The van der Waals surface area contributed by atoms with Crippen molar-refractivity contribution in [3.05, 3.63) is 35.4 Å². The van der Waals surface area contributed by atoms with Gasteiger partial charge in [-0.05, 0) is 19.4 Å². The monoisotopic (exact) mass is 245 g/mol. The molecule has 4 nitrogen and oxygen atoms in total. The van der Waals surface area contributed by atoms with Crippen LogP contribution >= 0.6 is 0 Å². The first-order valence-electron chi connectivity index (χ1n) is 5.75. The van der Waals surface area contributed by atoms with Crippen LogP contribution in [0.5, 0.6) is 0 Å². The van der Waals surface area contributed by atoms with Gasteiger partial charge in [0.15, 0.2) is 11.7 Å². The van der Waals surface area contributed by atoms with E-state index in [0.29, 0.717) is 5.56 Å². The average molecular weight is 245 g/mol. The first-order chi connectivity index (χ1) is 8.60. The van der Waals surface area contributed by atoms with Crippen LogP contribution in [0, 0.1) is 24.2 Å². The Balaban J connectivity index is 2.78. The first kappa shape index (κ1) is 13.9. The van der Waals surface area contributed by atoms with Gasteiger partial charge in [0, 0.05) is 12.0 Å². The third kappa shape index (κ3) is 3.42. The van der Waals surface area contributed by atoms with E-state index in [1.807, 2.05) is 25.1 Å². The fraction of sp³-hybridized carbons (Fsp3) is 0.357. The van der Waals surface area contributed by atoms with Crippen molar-refractivity contribution in [2.75, 3.05) is 6.61 Å². The van der Waals surface area contributed by atoms with E-state index in [4.69, 9.17) is 10.00 Å². The van der Waals surface area contributed by atoms with Gasteiger partial charge >= 0.3 is 5.97 Å². The van der Waals surface area contributed by atoms with Gasteiger partial charge in [-0.3, -0.25) is 9.59 Å². The number of hydrogen-bond donors (Lipinski definition) is 0. The van der Waals surface area contributed by atoms with Crippen molar-refractivity contribution in [1.82, 2.24) is 0 Å². The number of carbonyl (C=O) groups excluding carboxylic acids is 2. The van der Waals surface area contributed by atoms with Crippen molar-refractivity contribution in [2.24, 2.45) is 5.92 Å². The van der Waals surface area contributed by atoms with Crippen molar-refractivity contribution < 1.29 is 14.3 Å². The Kier molecular flexibility index (Phi) is 5.06. The molecule has 1 aromatic carbocycles. The fourth-order valence-corrected chi connectivity index (χ4v) is 1.61. The number of ether oxygens (including phenoxy) is 1. The third-order valence-corrected chi connectivity index (χ3v) is 2.56. The lowest BCUT2D eigenvalue weighted by molar-refractivity contribution is -0.145. The summed E-state index contributed by atoms with van der Waals surface area (Å²) in [5, 5.41) is 8.89. The molecule has 0 spiro atoms. The number of aryl methyl sites for hydroxylation is 1. The summed E-state index contributed by atoms with van der Waals surface area (Å²) in [5.74, 6) is -1.88. The molecule has 0 aliphatic heterocycles. The first-order valence-corrected chi connectivity index (χ1v) is 5.75. The second-order valence-corrected chi connectivity index (χ2v) is 3.88. The molecule has 0 unspecified atom stereocenters. The molecule has 0 aliphatic rings. The van der Waals surface area contributed by atoms with Crippen molar-refractivity contribution in [1.29, 1.82) is 5.26 Å². The Bertz CT molecular complexity index is 488. The van der Waals surface area contributed by atoms with E-state index in [0.717, 1.165) is 5.56 Å². The third-order valence-electron chi connectivity index (χ3n) is 2.56. The summed E-state index contributed by atoms with van der Waals surface area (Å²) in [6.45, 7) is 3.68. The number of ketones is 1. The minimum Gasteiger partial charge on any atom is -0.465 e. The van der Waals surface area contributed by atoms with Gasteiger partial charge in [-0.1, -0.05) is 24.3 Å². The molecular formula is C14H15NO3. The average Bonchev–Trinajstić information content (AvgIpc) is 2.36. The Morgan fingerprint density at radius 1 is 1.39 bits per heavy atom. The Hall–Kier alpha value is -2.15. The van der Waals surface area contributed by atoms with Crippen molar-refractivity contribution in [2.45, 2.75) is 20.3 Å². The summed E-state index contributed by atoms with van der Waals surface area (Å²) in [6.07, 6.45) is -0.139. The molecule has 18 heavy (non-hydrogen) atoms. The second-order valence-electron chi connectivity index (χ2n) is 3.88. The van der Waals surface area contributed by atoms with Gasteiger partial charge in [0.25, 0.3) is 0 Å². The topological polar surface area (TPSA) is 67.2 Å². The number of esters is 1. The van der Waals surface area contributed by atoms with Crippen LogP contribution in [0.3, 0.4) is 0 Å².